The first kappa shape index (κ1) is 48.9. The van der Waals surface area contributed by atoms with Gasteiger partial charge in [-0.2, -0.15) is 0 Å². The molecule has 392 valence electrons. The summed E-state index contributed by atoms with van der Waals surface area (Å²) in [5.74, 6) is 58.4. The number of benzene rings is 4. The van der Waals surface area contributed by atoms with Gasteiger partial charge in [-0.1, -0.05) is 218 Å². The van der Waals surface area contributed by atoms with E-state index in [1.54, 1.807) is 0 Å². The van der Waals surface area contributed by atoms with E-state index in [9.17, 15) is 0 Å². The molecule has 0 spiro atoms. The van der Waals surface area contributed by atoms with E-state index >= 15 is 0 Å². The van der Waals surface area contributed by atoms with Gasteiger partial charge in [-0.3, -0.25) is 0 Å². The zero-order valence-electron chi connectivity index (χ0n) is 47.0. The minimum Gasteiger partial charge on any atom is -0.0721 e. The molecule has 8 atom stereocenters. The Morgan fingerprint density at radius 3 is 0.405 bits per heavy atom. The lowest BCUT2D eigenvalue weighted by Crippen LogP contribution is -2.48. The molecule has 4 aromatic carbocycles. The van der Waals surface area contributed by atoms with E-state index in [-0.39, 0.29) is 43.3 Å². The highest BCUT2D eigenvalue weighted by Crippen LogP contribution is 2.75. The van der Waals surface area contributed by atoms with Gasteiger partial charge < -0.3 is 0 Å². The summed E-state index contributed by atoms with van der Waals surface area (Å²) in [5.41, 5.74) is 16.2. The molecule has 0 aliphatic heterocycles. The van der Waals surface area contributed by atoms with Crippen molar-refractivity contribution in [2.24, 2.45) is 43.3 Å². The molecule has 0 heterocycles. The molecule has 0 heteroatoms. The second kappa shape index (κ2) is 17.9. The van der Waals surface area contributed by atoms with Crippen LogP contribution >= 0.6 is 0 Å². The second-order valence-electron chi connectivity index (χ2n) is 25.4. The molecule has 0 nitrogen and oxygen atoms in total. The fourth-order valence-corrected chi connectivity index (χ4v) is 18.0. The molecule has 4 aromatic rings. The van der Waals surface area contributed by atoms with Gasteiger partial charge in [-0.05, 0) is 148 Å². The van der Waals surface area contributed by atoms with Gasteiger partial charge in [0.15, 0.2) is 0 Å². The van der Waals surface area contributed by atoms with E-state index in [1.807, 2.05) is 0 Å². The van der Waals surface area contributed by atoms with Crippen molar-refractivity contribution in [3.63, 3.8) is 0 Å². The van der Waals surface area contributed by atoms with Gasteiger partial charge >= 0.3 is 0 Å². The maximum absolute atomic E-state index is 3.71. The average Bonchev–Trinajstić information content (AvgIpc) is 1.51. The molecule has 19 aliphatic carbocycles. The van der Waals surface area contributed by atoms with Crippen molar-refractivity contribution in [1.82, 2.24) is 0 Å². The zero-order chi connectivity index (χ0) is 55.7. The van der Waals surface area contributed by atoms with E-state index in [2.05, 4.69) is 289 Å². The Hall–Kier alpha value is -9.76. The third-order valence-electron chi connectivity index (χ3n) is 22.0. The summed E-state index contributed by atoms with van der Waals surface area (Å²) >= 11 is 0. The Bertz CT molecular complexity index is 3790. The molecule has 4 saturated carbocycles. The maximum Gasteiger partial charge on any atom is 0.0363 e. The fraction of sp³-hybridized carbons (Fsp3) is 0.238. The van der Waals surface area contributed by atoms with Gasteiger partial charge in [0, 0.05) is 132 Å². The molecule has 0 N–H and O–H groups in total. The molecular weight excluding hydrogens is 1010 g/mol. The van der Waals surface area contributed by atoms with Crippen molar-refractivity contribution in [3.05, 3.63) is 283 Å². The lowest BCUT2D eigenvalue weighted by Gasteiger charge is -2.54. The van der Waals surface area contributed by atoms with E-state index in [4.69, 9.17) is 0 Å². The van der Waals surface area contributed by atoms with Gasteiger partial charge in [0.05, 0.1) is 0 Å². The molecule has 4 fully saturated rings. The van der Waals surface area contributed by atoms with Crippen LogP contribution in [-0.2, 0) is 0 Å². The Balaban J connectivity index is 0.767. The van der Waals surface area contributed by atoms with Crippen LogP contribution in [0.15, 0.2) is 239 Å². The molecular formula is C84H56. The number of rotatable bonds is 0. The predicted octanol–water partition coefficient (Wildman–Crippen LogP) is 16.0. The molecule has 8 unspecified atom stereocenters. The van der Waals surface area contributed by atoms with Crippen molar-refractivity contribution >= 4 is 0 Å². The third-order valence-corrected chi connectivity index (χ3v) is 22.0. The number of hydrogen-bond acceptors (Lipinski definition) is 0. The predicted molar refractivity (Wildman–Crippen MR) is 337 cm³/mol. The largest absolute Gasteiger partial charge is 0.0721 e. The Kier molecular flexibility index (Phi) is 10.4. The first-order valence-electron chi connectivity index (χ1n) is 30.4. The minimum atomic E-state index is -0.103. The van der Waals surface area contributed by atoms with Crippen molar-refractivity contribution in [2.75, 3.05) is 0 Å². The van der Waals surface area contributed by atoms with Crippen molar-refractivity contribution in [3.8, 4) is 94.7 Å². The van der Waals surface area contributed by atoms with Crippen LogP contribution in [0.5, 0.6) is 0 Å². The summed E-state index contributed by atoms with van der Waals surface area (Å²) in [5, 5.41) is 0. The van der Waals surface area contributed by atoms with E-state index < -0.39 is 0 Å². The lowest BCUT2D eigenvalue weighted by molar-refractivity contribution is 0.232. The SMILES string of the molecule is C1#Cc2ccc(cc2)C#CC2=C(C#Cc3ccc(cc3)C#CC3=C(C#Cc4ccc(cc4)C#CC4=C(C#Cc5ccc(cc5)C#CC5=C1C16C=CC=CC51CCC6)C15C=CC=CC41CCC5)C14C=CC=CC31CCC4)C13C=CC=CC21CCC3. The van der Waals surface area contributed by atoms with Crippen LogP contribution in [-0.4, -0.2) is 0 Å². The highest BCUT2D eigenvalue weighted by Gasteiger charge is 2.68. The minimum absolute atomic E-state index is 0.103. The Morgan fingerprint density at radius 2 is 0.286 bits per heavy atom. The third kappa shape index (κ3) is 6.46. The maximum atomic E-state index is 3.71. The highest BCUT2D eigenvalue weighted by molar-refractivity contribution is 5.74. The zero-order valence-corrected chi connectivity index (χ0v) is 47.0. The van der Waals surface area contributed by atoms with Gasteiger partial charge in [-0.25, -0.2) is 0 Å². The molecule has 23 rings (SSSR count). The van der Waals surface area contributed by atoms with Gasteiger partial charge in [0.25, 0.3) is 0 Å². The summed E-state index contributed by atoms with van der Waals surface area (Å²) in [6.45, 7) is 0. The van der Waals surface area contributed by atoms with Crippen LogP contribution in [0.2, 0.25) is 0 Å². The molecule has 0 radical (unpaired) electrons. The van der Waals surface area contributed by atoms with Gasteiger partial charge in [-0.15, -0.1) is 0 Å². The first-order valence-corrected chi connectivity index (χ1v) is 30.4. The summed E-state index contributed by atoms with van der Waals surface area (Å²) in [6.07, 6.45) is 50.2. The van der Waals surface area contributed by atoms with Crippen molar-refractivity contribution in [2.45, 2.75) is 77.0 Å². The van der Waals surface area contributed by atoms with Gasteiger partial charge in [0.1, 0.15) is 0 Å². The lowest BCUT2D eigenvalue weighted by atomic mass is 9.47. The quantitative estimate of drug-likeness (QED) is 0.154. The van der Waals surface area contributed by atoms with E-state index in [0.29, 0.717) is 0 Å². The standard InChI is InChI=1S/C84H56/c1-2-46-78-54-9-53-77(78,45-1)69-37-29-61-13-15-63(16-14-61)31-39-71-73(81-49-4-3-47-79(71,81)55-10-57-81)41-33-65-21-23-67(24-22-65)35-43-75-76(84-52-8-7-51-83(75,84)59-12-60-84)44-36-68-27-25-66(26-28-68)34-42-74-72(80-48-5-6-50-82(74,80)58-11-56-80)40-32-64-19-17-62(18-20-64)30-38-70(69)78/h1-8,13-28,45-52H,9-12,53-60H2. The average molecular weight is 1070 g/mol. The highest BCUT2D eigenvalue weighted by atomic mass is 14.7. The summed E-state index contributed by atoms with van der Waals surface area (Å²) < 4.78 is 0. The monoisotopic (exact) mass is 1060 g/mol. The molecule has 19 aliphatic rings. The smallest absolute Gasteiger partial charge is 0.0363 e. The van der Waals surface area contributed by atoms with Crippen LogP contribution in [0, 0.1) is 138 Å². The Labute approximate surface area is 495 Å². The molecule has 0 aromatic heterocycles. The molecule has 8 bridgehead atoms. The molecule has 0 saturated heterocycles. The summed E-state index contributed by atoms with van der Waals surface area (Å²) in [6, 6.07) is 33.9. The Morgan fingerprint density at radius 1 is 0.167 bits per heavy atom. The van der Waals surface area contributed by atoms with Crippen LogP contribution in [0.3, 0.4) is 0 Å². The number of allylic oxidation sites excluding steroid dienone is 24. The summed E-state index contributed by atoms with van der Waals surface area (Å²) in [4.78, 5) is 0. The van der Waals surface area contributed by atoms with Gasteiger partial charge in [0.2, 0.25) is 0 Å². The van der Waals surface area contributed by atoms with Crippen molar-refractivity contribution < 1.29 is 0 Å². The van der Waals surface area contributed by atoms with Crippen molar-refractivity contribution in [1.29, 1.82) is 0 Å². The van der Waals surface area contributed by atoms with Crippen LogP contribution < -0.4 is 0 Å². The van der Waals surface area contributed by atoms with Crippen LogP contribution in [0.4, 0.5) is 0 Å². The van der Waals surface area contributed by atoms with Crippen LogP contribution in [0.1, 0.15) is 122 Å². The van der Waals surface area contributed by atoms with Crippen LogP contribution in [0.25, 0.3) is 0 Å². The topological polar surface area (TPSA) is 0 Å². The first-order chi connectivity index (χ1) is 41.4. The van der Waals surface area contributed by atoms with E-state index in [1.165, 1.54) is 0 Å². The molecule has 84 heavy (non-hydrogen) atoms. The molecule has 0 amide bonds. The van der Waals surface area contributed by atoms with E-state index in [0.717, 1.165) is 166 Å². The summed E-state index contributed by atoms with van der Waals surface area (Å²) in [7, 11) is 0. The normalized spacial score (nSPS) is 33.0. The second-order valence-corrected chi connectivity index (χ2v) is 25.4. The number of hydrogen-bond donors (Lipinski definition) is 0. The fourth-order valence-electron chi connectivity index (χ4n) is 18.0.